The van der Waals surface area contributed by atoms with Gasteiger partial charge in [-0.25, -0.2) is 4.79 Å². The molecule has 0 unspecified atom stereocenters. The van der Waals surface area contributed by atoms with Crippen LogP contribution in [0.25, 0.3) is 0 Å². The van der Waals surface area contributed by atoms with Crippen molar-refractivity contribution in [3.05, 3.63) is 29.8 Å². The second-order valence-electron chi connectivity index (χ2n) is 6.05. The molecule has 1 N–H and O–H groups in total. The second kappa shape index (κ2) is 6.52. The van der Waals surface area contributed by atoms with Crippen molar-refractivity contribution < 1.29 is 14.3 Å². The van der Waals surface area contributed by atoms with E-state index < -0.39 is 5.41 Å². The fraction of sp³-hybridized carbons (Fsp3) is 0.412. The summed E-state index contributed by atoms with van der Waals surface area (Å²) in [5, 5.41) is 2.77. The van der Waals surface area contributed by atoms with Crippen molar-refractivity contribution in [3.8, 4) is 11.8 Å². The molecule has 5 nitrogen and oxygen atoms in total. The molecule has 1 heterocycles. The molecule has 0 aromatic heterocycles. The van der Waals surface area contributed by atoms with Crippen LogP contribution in [0.15, 0.2) is 24.3 Å². The van der Waals surface area contributed by atoms with Gasteiger partial charge in [-0.05, 0) is 24.3 Å². The second-order valence-corrected chi connectivity index (χ2v) is 6.05. The van der Waals surface area contributed by atoms with Crippen LogP contribution in [0, 0.1) is 17.3 Å². The molecule has 0 spiro atoms. The fourth-order valence-electron chi connectivity index (χ4n) is 1.89. The van der Waals surface area contributed by atoms with Gasteiger partial charge >= 0.3 is 6.09 Å². The molecule has 1 aliphatic heterocycles. The monoisotopic (exact) mass is 300 g/mol. The van der Waals surface area contributed by atoms with Gasteiger partial charge in [-0.15, -0.1) is 0 Å². The van der Waals surface area contributed by atoms with Crippen molar-refractivity contribution in [2.24, 2.45) is 5.41 Å². The highest BCUT2D eigenvalue weighted by molar-refractivity contribution is 5.89. The highest BCUT2D eigenvalue weighted by Crippen LogP contribution is 2.18. The molecule has 5 heteroatoms. The predicted octanol–water partition coefficient (Wildman–Crippen LogP) is 2.16. The predicted molar refractivity (Wildman–Crippen MR) is 84.5 cm³/mol. The van der Waals surface area contributed by atoms with Crippen LogP contribution < -0.4 is 10.2 Å². The highest BCUT2D eigenvalue weighted by atomic mass is 16.6. The van der Waals surface area contributed by atoms with E-state index in [-0.39, 0.29) is 12.0 Å². The lowest BCUT2D eigenvalue weighted by Gasteiger charge is -2.16. The third-order valence-corrected chi connectivity index (χ3v) is 3.19. The molecule has 1 aliphatic rings. The number of carbonyl (C=O) groups excluding carboxylic acids is 2. The van der Waals surface area contributed by atoms with E-state index in [4.69, 9.17) is 4.74 Å². The number of ether oxygens (including phenoxy) is 1. The molecule has 116 valence electrons. The lowest BCUT2D eigenvalue weighted by atomic mass is 9.96. The van der Waals surface area contributed by atoms with Crippen LogP contribution in [0.2, 0.25) is 0 Å². The molecular weight excluding hydrogens is 280 g/mol. The largest absolute Gasteiger partial charge is 0.447 e. The third-order valence-electron chi connectivity index (χ3n) is 3.19. The number of nitrogens with zero attached hydrogens (tertiary/aromatic N) is 1. The number of anilines is 1. The van der Waals surface area contributed by atoms with E-state index >= 15 is 0 Å². The smallest absolute Gasteiger partial charge is 0.414 e. The van der Waals surface area contributed by atoms with Gasteiger partial charge < -0.3 is 10.1 Å². The van der Waals surface area contributed by atoms with E-state index in [1.54, 1.807) is 4.90 Å². The number of rotatable bonds is 2. The first-order chi connectivity index (χ1) is 10.4. The summed E-state index contributed by atoms with van der Waals surface area (Å²) in [6.45, 7) is 6.89. The molecular formula is C17H20N2O3. The van der Waals surface area contributed by atoms with Gasteiger partial charge in [-0.2, -0.15) is 0 Å². The number of carbonyl (C=O) groups is 2. The van der Waals surface area contributed by atoms with Crippen molar-refractivity contribution >= 4 is 17.7 Å². The van der Waals surface area contributed by atoms with Crippen LogP contribution in [0.3, 0.4) is 0 Å². The Kier molecular flexibility index (Phi) is 4.71. The van der Waals surface area contributed by atoms with Crippen LogP contribution in [-0.2, 0) is 9.53 Å². The first-order valence-corrected chi connectivity index (χ1v) is 7.19. The maximum absolute atomic E-state index is 11.7. The Bertz CT molecular complexity index is 618. The van der Waals surface area contributed by atoms with Gasteiger partial charge in [0.25, 0.3) is 0 Å². The molecule has 1 aromatic rings. The van der Waals surface area contributed by atoms with E-state index in [9.17, 15) is 9.59 Å². The van der Waals surface area contributed by atoms with Gasteiger partial charge in [0, 0.05) is 16.7 Å². The summed E-state index contributed by atoms with van der Waals surface area (Å²) in [5.74, 6) is 5.87. The SMILES string of the molecule is CC(C)(C)C(=O)NCC#Cc1ccc(N2CCOC2=O)cc1. The van der Waals surface area contributed by atoms with Gasteiger partial charge in [0.05, 0.1) is 13.1 Å². The fourth-order valence-corrected chi connectivity index (χ4v) is 1.89. The van der Waals surface area contributed by atoms with E-state index in [1.807, 2.05) is 45.0 Å². The van der Waals surface area contributed by atoms with Gasteiger partial charge in [-0.3, -0.25) is 9.69 Å². The number of nitrogens with one attached hydrogen (secondary N) is 1. The van der Waals surface area contributed by atoms with Crippen molar-refractivity contribution in [1.29, 1.82) is 0 Å². The minimum absolute atomic E-state index is 0.0234. The van der Waals surface area contributed by atoms with E-state index in [1.165, 1.54) is 0 Å². The van der Waals surface area contributed by atoms with Crippen molar-refractivity contribution in [2.45, 2.75) is 20.8 Å². The number of hydrogen-bond acceptors (Lipinski definition) is 3. The molecule has 0 radical (unpaired) electrons. The topological polar surface area (TPSA) is 58.6 Å². The zero-order chi connectivity index (χ0) is 16.2. The molecule has 2 amide bonds. The number of hydrogen-bond donors (Lipinski definition) is 1. The van der Waals surface area contributed by atoms with Crippen LogP contribution >= 0.6 is 0 Å². The van der Waals surface area contributed by atoms with E-state index in [0.29, 0.717) is 19.7 Å². The summed E-state index contributed by atoms with van der Waals surface area (Å²) in [6.07, 6.45) is -0.316. The van der Waals surface area contributed by atoms with Crippen molar-refractivity contribution in [2.75, 3.05) is 24.6 Å². The zero-order valence-corrected chi connectivity index (χ0v) is 13.1. The van der Waals surface area contributed by atoms with Gasteiger partial charge in [0.2, 0.25) is 5.91 Å². The maximum atomic E-state index is 11.7. The Labute approximate surface area is 130 Å². The Morgan fingerprint density at radius 3 is 2.55 bits per heavy atom. The number of amides is 2. The lowest BCUT2D eigenvalue weighted by molar-refractivity contribution is -0.128. The molecule has 2 rings (SSSR count). The molecule has 0 bridgehead atoms. The van der Waals surface area contributed by atoms with Crippen LogP contribution in [0.4, 0.5) is 10.5 Å². The summed E-state index contributed by atoms with van der Waals surface area (Å²) in [5.41, 5.74) is 1.23. The van der Waals surface area contributed by atoms with Crippen LogP contribution in [0.5, 0.6) is 0 Å². The Morgan fingerprint density at radius 1 is 1.32 bits per heavy atom. The van der Waals surface area contributed by atoms with Crippen LogP contribution in [-0.4, -0.2) is 31.7 Å². The normalized spacial score (nSPS) is 14.1. The first-order valence-electron chi connectivity index (χ1n) is 7.19. The molecule has 0 saturated carbocycles. The molecule has 1 aromatic carbocycles. The summed E-state index contributed by atoms with van der Waals surface area (Å²) < 4.78 is 4.90. The zero-order valence-electron chi connectivity index (χ0n) is 13.1. The Hall–Kier alpha value is -2.48. The molecule has 1 fully saturated rings. The Morgan fingerprint density at radius 2 is 2.00 bits per heavy atom. The molecule has 1 saturated heterocycles. The Balaban J connectivity index is 1.91. The van der Waals surface area contributed by atoms with Crippen molar-refractivity contribution in [3.63, 3.8) is 0 Å². The molecule has 22 heavy (non-hydrogen) atoms. The van der Waals surface area contributed by atoms with Crippen molar-refractivity contribution in [1.82, 2.24) is 5.32 Å². The average molecular weight is 300 g/mol. The maximum Gasteiger partial charge on any atom is 0.414 e. The highest BCUT2D eigenvalue weighted by Gasteiger charge is 2.23. The van der Waals surface area contributed by atoms with Gasteiger partial charge in [-0.1, -0.05) is 32.6 Å². The van der Waals surface area contributed by atoms with Gasteiger partial charge in [0.15, 0.2) is 0 Å². The summed E-state index contributed by atoms with van der Waals surface area (Å²) in [7, 11) is 0. The standard InChI is InChI=1S/C17H20N2O3/c1-17(2,3)15(20)18-10-4-5-13-6-8-14(9-7-13)19-11-12-22-16(19)21/h6-9H,10-12H2,1-3H3,(H,18,20). The summed E-state index contributed by atoms with van der Waals surface area (Å²) >= 11 is 0. The summed E-state index contributed by atoms with van der Waals surface area (Å²) in [6, 6.07) is 7.37. The van der Waals surface area contributed by atoms with E-state index in [0.717, 1.165) is 11.3 Å². The molecule has 0 aliphatic carbocycles. The number of cyclic esters (lactones) is 1. The quantitative estimate of drug-likeness (QED) is 0.852. The molecule has 0 atom stereocenters. The minimum atomic E-state index is -0.409. The minimum Gasteiger partial charge on any atom is -0.447 e. The first kappa shape index (κ1) is 15.9. The third kappa shape index (κ3) is 4.01. The average Bonchev–Trinajstić information content (AvgIpc) is 2.89. The summed E-state index contributed by atoms with van der Waals surface area (Å²) in [4.78, 5) is 24.7. The van der Waals surface area contributed by atoms with Crippen LogP contribution in [0.1, 0.15) is 26.3 Å². The number of benzene rings is 1. The lowest BCUT2D eigenvalue weighted by Crippen LogP contribution is -2.34. The van der Waals surface area contributed by atoms with E-state index in [2.05, 4.69) is 17.2 Å². The van der Waals surface area contributed by atoms with Gasteiger partial charge in [0.1, 0.15) is 6.61 Å².